The molecular formula is C14H19N3. The summed E-state index contributed by atoms with van der Waals surface area (Å²) in [6, 6.07) is 8.56. The molecule has 1 heterocycles. The predicted octanol–water partition coefficient (Wildman–Crippen LogP) is 2.83. The first-order valence-electron chi connectivity index (χ1n) is 5.85. The first kappa shape index (κ1) is 11.9. The summed E-state index contributed by atoms with van der Waals surface area (Å²) in [7, 11) is 0. The standard InChI is InChI=1S/C14H19N3/c1-14(2,3)12-6-4-10(5-7-12)13-11(8-15)9-16-17-13/h4-7,9H,8,15H2,1-3H3,(H,16,17). The third-order valence-electron chi connectivity index (χ3n) is 2.98. The zero-order chi connectivity index (χ0) is 12.5. The van der Waals surface area contributed by atoms with Crippen molar-refractivity contribution in [2.75, 3.05) is 0 Å². The van der Waals surface area contributed by atoms with Gasteiger partial charge in [0.1, 0.15) is 0 Å². The van der Waals surface area contributed by atoms with Crippen LogP contribution in [0, 0.1) is 0 Å². The summed E-state index contributed by atoms with van der Waals surface area (Å²) in [5, 5.41) is 7.04. The minimum atomic E-state index is 0.184. The molecule has 0 saturated heterocycles. The van der Waals surface area contributed by atoms with Gasteiger partial charge in [0, 0.05) is 12.1 Å². The molecule has 0 bridgehead atoms. The second kappa shape index (κ2) is 4.34. The molecule has 0 saturated carbocycles. The van der Waals surface area contributed by atoms with Crippen molar-refractivity contribution in [3.05, 3.63) is 41.6 Å². The maximum Gasteiger partial charge on any atom is 0.0695 e. The number of nitrogens with two attached hydrogens (primary N) is 1. The number of rotatable bonds is 2. The third kappa shape index (κ3) is 2.39. The topological polar surface area (TPSA) is 54.7 Å². The van der Waals surface area contributed by atoms with Crippen LogP contribution < -0.4 is 5.73 Å². The normalized spacial score (nSPS) is 11.8. The lowest BCUT2D eigenvalue weighted by Gasteiger charge is -2.19. The van der Waals surface area contributed by atoms with Gasteiger partial charge in [0.15, 0.2) is 0 Å². The lowest BCUT2D eigenvalue weighted by molar-refractivity contribution is 0.590. The number of H-pyrrole nitrogens is 1. The van der Waals surface area contributed by atoms with Crippen molar-refractivity contribution in [2.45, 2.75) is 32.7 Å². The Balaban J connectivity index is 2.36. The zero-order valence-electron chi connectivity index (χ0n) is 10.6. The van der Waals surface area contributed by atoms with Crippen molar-refractivity contribution >= 4 is 0 Å². The molecule has 1 aromatic carbocycles. The van der Waals surface area contributed by atoms with Crippen LogP contribution in [-0.2, 0) is 12.0 Å². The molecule has 0 amide bonds. The molecule has 0 atom stereocenters. The van der Waals surface area contributed by atoms with Crippen LogP contribution >= 0.6 is 0 Å². The average Bonchev–Trinajstić information content (AvgIpc) is 2.76. The van der Waals surface area contributed by atoms with Crippen LogP contribution in [0.2, 0.25) is 0 Å². The first-order valence-corrected chi connectivity index (χ1v) is 5.85. The van der Waals surface area contributed by atoms with Crippen molar-refractivity contribution in [3.8, 4) is 11.3 Å². The zero-order valence-corrected chi connectivity index (χ0v) is 10.6. The summed E-state index contributed by atoms with van der Waals surface area (Å²) < 4.78 is 0. The van der Waals surface area contributed by atoms with Gasteiger partial charge in [-0.15, -0.1) is 0 Å². The van der Waals surface area contributed by atoms with E-state index in [4.69, 9.17) is 5.73 Å². The fraction of sp³-hybridized carbons (Fsp3) is 0.357. The number of nitrogens with one attached hydrogen (secondary N) is 1. The summed E-state index contributed by atoms with van der Waals surface area (Å²) in [5.41, 5.74) is 10.4. The van der Waals surface area contributed by atoms with Crippen LogP contribution in [0.5, 0.6) is 0 Å². The molecule has 3 N–H and O–H groups in total. The monoisotopic (exact) mass is 229 g/mol. The van der Waals surface area contributed by atoms with Crippen molar-refractivity contribution in [3.63, 3.8) is 0 Å². The molecule has 2 rings (SSSR count). The predicted molar refractivity (Wildman–Crippen MR) is 70.6 cm³/mol. The van der Waals surface area contributed by atoms with Gasteiger partial charge in [-0.25, -0.2) is 0 Å². The maximum atomic E-state index is 5.67. The molecular weight excluding hydrogens is 210 g/mol. The van der Waals surface area contributed by atoms with E-state index in [9.17, 15) is 0 Å². The highest BCUT2D eigenvalue weighted by Gasteiger charge is 2.13. The van der Waals surface area contributed by atoms with Crippen LogP contribution in [0.25, 0.3) is 11.3 Å². The summed E-state index contributed by atoms with van der Waals surface area (Å²) in [4.78, 5) is 0. The summed E-state index contributed by atoms with van der Waals surface area (Å²) >= 11 is 0. The fourth-order valence-electron chi connectivity index (χ4n) is 1.85. The van der Waals surface area contributed by atoms with Crippen molar-refractivity contribution < 1.29 is 0 Å². The van der Waals surface area contributed by atoms with Crippen LogP contribution in [0.15, 0.2) is 30.5 Å². The highest BCUT2D eigenvalue weighted by molar-refractivity contribution is 5.63. The Hall–Kier alpha value is -1.61. The second-order valence-corrected chi connectivity index (χ2v) is 5.30. The van der Waals surface area contributed by atoms with Crippen molar-refractivity contribution in [2.24, 2.45) is 5.73 Å². The molecule has 0 unspecified atom stereocenters. The number of benzene rings is 1. The fourth-order valence-corrected chi connectivity index (χ4v) is 1.85. The molecule has 17 heavy (non-hydrogen) atoms. The summed E-state index contributed by atoms with van der Waals surface area (Å²) in [6.07, 6.45) is 1.78. The van der Waals surface area contributed by atoms with Gasteiger partial charge in [0.2, 0.25) is 0 Å². The van der Waals surface area contributed by atoms with Crippen LogP contribution in [0.4, 0.5) is 0 Å². The lowest BCUT2D eigenvalue weighted by Crippen LogP contribution is -2.10. The van der Waals surface area contributed by atoms with E-state index >= 15 is 0 Å². The van der Waals surface area contributed by atoms with E-state index in [0.29, 0.717) is 6.54 Å². The molecule has 0 radical (unpaired) electrons. The van der Waals surface area contributed by atoms with E-state index in [1.54, 1.807) is 6.20 Å². The van der Waals surface area contributed by atoms with Crippen LogP contribution in [-0.4, -0.2) is 10.2 Å². The Bertz CT molecular complexity index is 489. The van der Waals surface area contributed by atoms with Gasteiger partial charge < -0.3 is 5.73 Å². The van der Waals surface area contributed by atoms with E-state index in [1.165, 1.54) is 5.56 Å². The summed E-state index contributed by atoms with van der Waals surface area (Å²) in [5.74, 6) is 0. The first-order chi connectivity index (χ1) is 8.02. The molecule has 0 aliphatic rings. The smallest absolute Gasteiger partial charge is 0.0695 e. The Morgan fingerprint density at radius 1 is 1.18 bits per heavy atom. The number of hydrogen-bond acceptors (Lipinski definition) is 2. The van der Waals surface area contributed by atoms with Gasteiger partial charge in [-0.3, -0.25) is 5.10 Å². The molecule has 3 nitrogen and oxygen atoms in total. The SMILES string of the molecule is CC(C)(C)c1ccc(-c2[nH]ncc2CN)cc1. The lowest BCUT2D eigenvalue weighted by atomic mass is 9.86. The van der Waals surface area contributed by atoms with E-state index in [-0.39, 0.29) is 5.41 Å². The molecule has 0 aliphatic carbocycles. The number of nitrogens with zero attached hydrogens (tertiary/aromatic N) is 1. The van der Waals surface area contributed by atoms with Gasteiger partial charge in [-0.1, -0.05) is 45.0 Å². The van der Waals surface area contributed by atoms with Gasteiger partial charge in [-0.05, 0) is 16.5 Å². The second-order valence-electron chi connectivity index (χ2n) is 5.30. The number of aromatic nitrogens is 2. The molecule has 1 aromatic heterocycles. The Morgan fingerprint density at radius 3 is 2.35 bits per heavy atom. The van der Waals surface area contributed by atoms with Crippen LogP contribution in [0.3, 0.4) is 0 Å². The molecule has 90 valence electrons. The minimum Gasteiger partial charge on any atom is -0.326 e. The molecule has 0 aliphatic heterocycles. The third-order valence-corrected chi connectivity index (χ3v) is 2.98. The molecule has 0 spiro atoms. The maximum absolute atomic E-state index is 5.67. The van der Waals surface area contributed by atoms with Gasteiger partial charge in [0.05, 0.1) is 11.9 Å². The van der Waals surface area contributed by atoms with Gasteiger partial charge in [0.25, 0.3) is 0 Å². The van der Waals surface area contributed by atoms with E-state index < -0.39 is 0 Å². The largest absolute Gasteiger partial charge is 0.326 e. The van der Waals surface area contributed by atoms with Crippen LogP contribution in [0.1, 0.15) is 31.9 Å². The summed E-state index contributed by atoms with van der Waals surface area (Å²) in [6.45, 7) is 7.14. The Labute approximate surface area is 102 Å². The highest BCUT2D eigenvalue weighted by Crippen LogP contribution is 2.26. The average molecular weight is 229 g/mol. The molecule has 3 heteroatoms. The quantitative estimate of drug-likeness (QED) is 0.832. The van der Waals surface area contributed by atoms with E-state index in [0.717, 1.165) is 16.8 Å². The van der Waals surface area contributed by atoms with Crippen molar-refractivity contribution in [1.82, 2.24) is 10.2 Å². The Morgan fingerprint density at radius 2 is 1.82 bits per heavy atom. The van der Waals surface area contributed by atoms with Gasteiger partial charge in [-0.2, -0.15) is 5.10 Å². The number of hydrogen-bond donors (Lipinski definition) is 2. The highest BCUT2D eigenvalue weighted by atomic mass is 15.1. The van der Waals surface area contributed by atoms with Crippen molar-refractivity contribution in [1.29, 1.82) is 0 Å². The van der Waals surface area contributed by atoms with E-state index in [2.05, 4.69) is 55.2 Å². The Kier molecular flexibility index (Phi) is 3.03. The molecule has 0 fully saturated rings. The number of aromatic amines is 1. The van der Waals surface area contributed by atoms with Gasteiger partial charge >= 0.3 is 0 Å². The minimum absolute atomic E-state index is 0.184. The van der Waals surface area contributed by atoms with E-state index in [1.807, 2.05) is 0 Å². The molecule has 2 aromatic rings.